The molecule has 0 amide bonds. The predicted molar refractivity (Wildman–Crippen MR) is 90.9 cm³/mol. The second-order valence-corrected chi connectivity index (χ2v) is 5.39. The van der Waals surface area contributed by atoms with Gasteiger partial charge >= 0.3 is 5.97 Å². The fourth-order valence-corrected chi connectivity index (χ4v) is 2.67. The zero-order valence-corrected chi connectivity index (χ0v) is 13.4. The Balaban J connectivity index is 1.99. The van der Waals surface area contributed by atoms with E-state index < -0.39 is 5.97 Å². The highest BCUT2D eigenvalue weighted by Gasteiger charge is 2.19. The largest absolute Gasteiger partial charge is 0.466 e. The molecule has 0 aliphatic carbocycles. The quantitative estimate of drug-likeness (QED) is 0.534. The summed E-state index contributed by atoms with van der Waals surface area (Å²) in [5.41, 5.74) is 2.50. The molecule has 3 aromatic rings. The second-order valence-electron chi connectivity index (χ2n) is 5.39. The third-order valence-corrected chi connectivity index (χ3v) is 3.69. The van der Waals surface area contributed by atoms with Crippen LogP contribution >= 0.6 is 0 Å². The Morgan fingerprint density at radius 3 is 2.50 bits per heavy atom. The van der Waals surface area contributed by atoms with E-state index in [0.29, 0.717) is 17.8 Å². The Bertz CT molecular complexity index is 869. The van der Waals surface area contributed by atoms with Crippen LogP contribution in [0.3, 0.4) is 0 Å². The molecule has 0 N–H and O–H groups in total. The fraction of sp³-hybridized carbons (Fsp3) is 0.211. The van der Waals surface area contributed by atoms with E-state index >= 15 is 0 Å². The Hall–Kier alpha value is -2.95. The molecule has 3 rings (SSSR count). The molecule has 1 heterocycles. The first-order chi connectivity index (χ1) is 11.7. The van der Waals surface area contributed by atoms with E-state index in [9.17, 15) is 9.59 Å². The van der Waals surface area contributed by atoms with Crippen molar-refractivity contribution >= 4 is 22.9 Å². The van der Waals surface area contributed by atoms with Crippen LogP contribution in [0.1, 0.15) is 29.5 Å². The number of carbonyl (C=O) groups excluding carboxylic acids is 2. The highest BCUT2D eigenvalue weighted by molar-refractivity contribution is 6.00. The van der Waals surface area contributed by atoms with Crippen LogP contribution in [0.2, 0.25) is 0 Å². The lowest BCUT2D eigenvalue weighted by Gasteiger charge is -2.08. The Kier molecular flexibility index (Phi) is 4.70. The minimum absolute atomic E-state index is 0.258. The molecular formula is C19H18N2O3. The van der Waals surface area contributed by atoms with Crippen LogP contribution in [0.4, 0.5) is 0 Å². The Morgan fingerprint density at radius 2 is 1.75 bits per heavy atom. The molecule has 0 unspecified atom stereocenters. The highest BCUT2D eigenvalue weighted by Crippen LogP contribution is 2.19. The number of fused-ring (bicyclic) bond motifs is 1. The molecule has 0 aliphatic rings. The molecule has 122 valence electrons. The number of ether oxygens (including phenoxy) is 1. The van der Waals surface area contributed by atoms with Crippen LogP contribution in [0.5, 0.6) is 0 Å². The van der Waals surface area contributed by atoms with Crippen molar-refractivity contribution in [3.63, 3.8) is 0 Å². The average molecular weight is 322 g/mol. The zero-order valence-electron chi connectivity index (χ0n) is 13.4. The molecule has 2 aromatic carbocycles. The Labute approximate surface area is 139 Å². The number of rotatable bonds is 5. The van der Waals surface area contributed by atoms with Gasteiger partial charge in [0.25, 0.3) is 0 Å². The van der Waals surface area contributed by atoms with Gasteiger partial charge in [0.15, 0.2) is 0 Å². The summed E-state index contributed by atoms with van der Waals surface area (Å²) in [4.78, 5) is 28.9. The molecule has 0 aliphatic heterocycles. The lowest BCUT2D eigenvalue weighted by atomic mass is 10.1. The predicted octanol–water partition coefficient (Wildman–Crippen LogP) is 3.22. The van der Waals surface area contributed by atoms with Crippen molar-refractivity contribution in [1.82, 2.24) is 9.55 Å². The lowest BCUT2D eigenvalue weighted by Crippen LogP contribution is -2.19. The number of imidazole rings is 1. The summed E-state index contributed by atoms with van der Waals surface area (Å²) in [6.07, 6.45) is 0.222. The Morgan fingerprint density at radius 1 is 1.04 bits per heavy atom. The normalized spacial score (nSPS) is 10.7. The molecule has 0 atom stereocenters. The highest BCUT2D eigenvalue weighted by atomic mass is 16.5. The van der Waals surface area contributed by atoms with Gasteiger partial charge in [-0.15, -0.1) is 0 Å². The topological polar surface area (TPSA) is 61.2 Å². The summed E-state index contributed by atoms with van der Waals surface area (Å²) >= 11 is 0. The first-order valence-corrected chi connectivity index (χ1v) is 7.88. The van der Waals surface area contributed by atoms with Gasteiger partial charge in [-0.3, -0.25) is 14.2 Å². The molecule has 5 nitrogen and oxygen atoms in total. The van der Waals surface area contributed by atoms with Gasteiger partial charge in [-0.1, -0.05) is 42.5 Å². The van der Waals surface area contributed by atoms with Crippen molar-refractivity contribution in [3.05, 3.63) is 66.0 Å². The van der Waals surface area contributed by atoms with Crippen molar-refractivity contribution in [2.75, 3.05) is 6.61 Å². The first kappa shape index (κ1) is 15.9. The van der Waals surface area contributed by atoms with Gasteiger partial charge in [0, 0.05) is 6.42 Å². The number of carbonyl (C=O) groups is 2. The minimum atomic E-state index is -0.522. The van der Waals surface area contributed by atoms with Gasteiger partial charge in [0.1, 0.15) is 12.2 Å². The second kappa shape index (κ2) is 7.08. The van der Waals surface area contributed by atoms with Crippen molar-refractivity contribution in [2.24, 2.45) is 0 Å². The van der Waals surface area contributed by atoms with Crippen LogP contribution in [-0.2, 0) is 16.0 Å². The molecule has 5 heteroatoms. The monoisotopic (exact) mass is 322 g/mol. The van der Waals surface area contributed by atoms with Crippen LogP contribution in [0, 0.1) is 0 Å². The number of hydrogen-bond acceptors (Lipinski definition) is 4. The number of nitrogens with zero attached hydrogens (tertiary/aromatic N) is 2. The van der Waals surface area contributed by atoms with E-state index in [4.69, 9.17) is 4.74 Å². The van der Waals surface area contributed by atoms with E-state index in [1.165, 1.54) is 4.57 Å². The van der Waals surface area contributed by atoms with Crippen molar-refractivity contribution in [2.45, 2.75) is 19.8 Å². The third-order valence-electron chi connectivity index (χ3n) is 3.69. The molecule has 1 aromatic heterocycles. The van der Waals surface area contributed by atoms with Crippen LogP contribution in [0.15, 0.2) is 54.6 Å². The lowest BCUT2D eigenvalue weighted by molar-refractivity contribution is -0.142. The maximum Gasteiger partial charge on any atom is 0.315 e. The summed E-state index contributed by atoms with van der Waals surface area (Å²) in [7, 11) is 0. The molecule has 0 fully saturated rings. The number of hydrogen-bond donors (Lipinski definition) is 0. The van der Waals surface area contributed by atoms with Gasteiger partial charge in [-0.25, -0.2) is 4.98 Å². The van der Waals surface area contributed by atoms with Gasteiger partial charge < -0.3 is 4.74 Å². The van der Waals surface area contributed by atoms with E-state index in [2.05, 4.69) is 4.98 Å². The third kappa shape index (κ3) is 3.35. The summed E-state index contributed by atoms with van der Waals surface area (Å²) in [6.45, 7) is 1.98. The molecule has 0 saturated heterocycles. The van der Waals surface area contributed by atoms with Crippen molar-refractivity contribution in [1.29, 1.82) is 0 Å². The van der Waals surface area contributed by atoms with Gasteiger partial charge in [0.05, 0.1) is 17.6 Å². The minimum Gasteiger partial charge on any atom is -0.466 e. The average Bonchev–Trinajstić information content (AvgIpc) is 2.93. The number of esters is 1. The number of aromatic nitrogens is 2. The maximum atomic E-state index is 12.6. The zero-order chi connectivity index (χ0) is 16.9. The van der Waals surface area contributed by atoms with E-state index in [1.54, 1.807) is 6.92 Å². The maximum absolute atomic E-state index is 12.6. The van der Waals surface area contributed by atoms with Gasteiger partial charge in [-0.2, -0.15) is 0 Å². The standard InChI is InChI=1S/C19H18N2O3/c1-2-24-19(23)13-18(22)21-16-11-7-6-10-15(16)20-17(21)12-14-8-4-3-5-9-14/h3-11H,2,12-13H2,1H3. The fourth-order valence-electron chi connectivity index (χ4n) is 2.67. The van der Waals surface area contributed by atoms with Gasteiger partial charge in [-0.05, 0) is 24.6 Å². The van der Waals surface area contributed by atoms with Crippen LogP contribution in [-0.4, -0.2) is 28.0 Å². The van der Waals surface area contributed by atoms with E-state index in [0.717, 1.165) is 11.1 Å². The first-order valence-electron chi connectivity index (χ1n) is 7.88. The van der Waals surface area contributed by atoms with Crippen molar-refractivity contribution in [3.8, 4) is 0 Å². The van der Waals surface area contributed by atoms with E-state index in [-0.39, 0.29) is 18.9 Å². The van der Waals surface area contributed by atoms with E-state index in [1.807, 2.05) is 54.6 Å². The summed E-state index contributed by atoms with van der Waals surface area (Å²) in [5.74, 6) is -0.226. The summed E-state index contributed by atoms with van der Waals surface area (Å²) < 4.78 is 6.41. The SMILES string of the molecule is CCOC(=O)CC(=O)n1c(Cc2ccccc2)nc2ccccc21. The number of benzene rings is 2. The van der Waals surface area contributed by atoms with Crippen molar-refractivity contribution < 1.29 is 14.3 Å². The van der Waals surface area contributed by atoms with Crippen LogP contribution < -0.4 is 0 Å². The van der Waals surface area contributed by atoms with Gasteiger partial charge in [0.2, 0.25) is 5.91 Å². The molecule has 0 radical (unpaired) electrons. The number of para-hydroxylation sites is 2. The molecule has 0 spiro atoms. The smallest absolute Gasteiger partial charge is 0.315 e. The van der Waals surface area contributed by atoms with Crippen LogP contribution in [0.25, 0.3) is 11.0 Å². The molecule has 0 saturated carbocycles. The summed E-state index contributed by atoms with van der Waals surface area (Å²) in [5, 5.41) is 0. The molecule has 0 bridgehead atoms. The summed E-state index contributed by atoms with van der Waals surface area (Å²) in [6, 6.07) is 17.2. The molecular weight excluding hydrogens is 304 g/mol. The molecule has 24 heavy (non-hydrogen) atoms.